The molecule has 0 spiro atoms. The summed E-state index contributed by atoms with van der Waals surface area (Å²) < 4.78 is 1.63. The molecule has 2 aromatic rings. The molecular weight excluding hydrogens is 154 g/mol. The van der Waals surface area contributed by atoms with E-state index in [1.165, 1.54) is 6.33 Å². The van der Waals surface area contributed by atoms with Crippen LogP contribution in [0.25, 0.3) is 5.78 Å². The molecule has 0 aliphatic heterocycles. The van der Waals surface area contributed by atoms with E-state index in [-0.39, 0.29) is 0 Å². The maximum Gasteiger partial charge on any atom is 0.271 e. The molecule has 0 aromatic carbocycles. The summed E-state index contributed by atoms with van der Waals surface area (Å²) in [6.07, 6.45) is 3.31. The summed E-state index contributed by atoms with van der Waals surface area (Å²) in [5.41, 5.74) is 0.924. The van der Waals surface area contributed by atoms with E-state index in [1.807, 2.05) is 6.20 Å². The molecule has 0 atom stereocenters. The molecule has 12 heavy (non-hydrogen) atoms. The summed E-state index contributed by atoms with van der Waals surface area (Å²) >= 11 is 0. The lowest BCUT2D eigenvalue weighted by atomic mass is 10.2. The second-order valence-corrected chi connectivity index (χ2v) is 2.91. The first kappa shape index (κ1) is 7.15. The summed E-state index contributed by atoms with van der Waals surface area (Å²) in [4.78, 5) is 3.90. The number of fused-ring (bicyclic) bond motifs is 1. The smallest absolute Gasteiger partial charge is 0.201 e. The van der Waals surface area contributed by atoms with Crippen molar-refractivity contribution in [1.29, 1.82) is 0 Å². The Kier molecular flexibility index (Phi) is 1.49. The summed E-state index contributed by atoms with van der Waals surface area (Å²) in [6, 6.07) is 0. The van der Waals surface area contributed by atoms with Gasteiger partial charge in [0.05, 0.1) is 11.9 Å². The first-order chi connectivity index (χ1) is 5.77. The minimum absolute atomic E-state index is 0.367. The fourth-order valence-corrected chi connectivity index (χ4v) is 0.925. The Morgan fingerprint density at radius 1 is 1.33 bits per heavy atom. The van der Waals surface area contributed by atoms with E-state index < -0.39 is 0 Å². The van der Waals surface area contributed by atoms with E-state index >= 15 is 0 Å². The monoisotopic (exact) mass is 163 g/mol. The zero-order valence-corrected chi connectivity index (χ0v) is 6.97. The zero-order valence-electron chi connectivity index (χ0n) is 6.97. The highest BCUT2D eigenvalue weighted by atomic mass is 15.4. The Morgan fingerprint density at radius 2 is 2.17 bits per heavy atom. The van der Waals surface area contributed by atoms with Gasteiger partial charge in [-0.05, 0) is 5.92 Å². The third-order valence-electron chi connectivity index (χ3n) is 1.66. The van der Waals surface area contributed by atoms with Crippen molar-refractivity contribution in [3.05, 3.63) is 18.2 Å². The van der Waals surface area contributed by atoms with Crippen LogP contribution in [0.4, 0.5) is 0 Å². The van der Waals surface area contributed by atoms with E-state index in [0.717, 1.165) is 5.69 Å². The van der Waals surface area contributed by atoms with Crippen molar-refractivity contribution >= 4 is 5.78 Å². The molecule has 5 nitrogen and oxygen atoms in total. The minimum Gasteiger partial charge on any atom is -0.201 e. The van der Waals surface area contributed by atoms with Gasteiger partial charge in [0.1, 0.15) is 6.33 Å². The average Bonchev–Trinajstić information content (AvgIpc) is 2.49. The number of nitrogens with zero attached hydrogens (tertiary/aromatic N) is 5. The topological polar surface area (TPSA) is 56.0 Å². The van der Waals surface area contributed by atoms with Gasteiger partial charge in [0.15, 0.2) is 0 Å². The van der Waals surface area contributed by atoms with Crippen LogP contribution in [0.3, 0.4) is 0 Å². The lowest BCUT2D eigenvalue weighted by Gasteiger charge is -2.00. The van der Waals surface area contributed by atoms with E-state index in [0.29, 0.717) is 11.7 Å². The Labute approximate surface area is 69.5 Å². The predicted octanol–water partition coefficient (Wildman–Crippen LogP) is 0.643. The Morgan fingerprint density at radius 3 is 2.92 bits per heavy atom. The summed E-state index contributed by atoms with van der Waals surface area (Å²) in [7, 11) is 0. The molecule has 0 amide bonds. The van der Waals surface area contributed by atoms with Gasteiger partial charge in [0.2, 0.25) is 0 Å². The van der Waals surface area contributed by atoms with E-state index in [1.54, 1.807) is 4.52 Å². The molecule has 0 radical (unpaired) electrons. The first-order valence-electron chi connectivity index (χ1n) is 3.80. The van der Waals surface area contributed by atoms with Crippen molar-refractivity contribution in [3.8, 4) is 0 Å². The second-order valence-electron chi connectivity index (χ2n) is 2.91. The average molecular weight is 163 g/mol. The van der Waals surface area contributed by atoms with Crippen LogP contribution >= 0.6 is 0 Å². The lowest BCUT2D eigenvalue weighted by molar-refractivity contribution is 0.750. The Bertz CT molecular complexity index is 391. The van der Waals surface area contributed by atoms with Crippen LogP contribution in [0.15, 0.2) is 12.5 Å². The lowest BCUT2D eigenvalue weighted by Crippen LogP contribution is -2.00. The van der Waals surface area contributed by atoms with Crippen molar-refractivity contribution in [2.45, 2.75) is 19.8 Å². The normalized spacial score (nSPS) is 11.2. The molecule has 5 heteroatoms. The van der Waals surface area contributed by atoms with Crippen molar-refractivity contribution in [3.63, 3.8) is 0 Å². The van der Waals surface area contributed by atoms with Crippen molar-refractivity contribution in [2.24, 2.45) is 0 Å². The molecular formula is C7H9N5. The van der Waals surface area contributed by atoms with Crippen LogP contribution < -0.4 is 0 Å². The molecule has 0 saturated heterocycles. The highest BCUT2D eigenvalue weighted by Gasteiger charge is 2.03. The fourth-order valence-electron chi connectivity index (χ4n) is 0.925. The van der Waals surface area contributed by atoms with Gasteiger partial charge in [-0.1, -0.05) is 13.8 Å². The number of hydrogen-bond acceptors (Lipinski definition) is 4. The highest BCUT2D eigenvalue weighted by molar-refractivity contribution is 5.22. The maximum absolute atomic E-state index is 4.01. The number of rotatable bonds is 1. The SMILES string of the molecule is CC(C)c1cn2ncnc2nn1. The van der Waals surface area contributed by atoms with Crippen LogP contribution in [0.5, 0.6) is 0 Å². The van der Waals surface area contributed by atoms with Gasteiger partial charge in [-0.2, -0.15) is 10.1 Å². The van der Waals surface area contributed by atoms with Crippen LogP contribution in [-0.2, 0) is 0 Å². The molecule has 0 aliphatic rings. The van der Waals surface area contributed by atoms with Crippen molar-refractivity contribution < 1.29 is 0 Å². The molecule has 2 rings (SSSR count). The van der Waals surface area contributed by atoms with Gasteiger partial charge < -0.3 is 0 Å². The van der Waals surface area contributed by atoms with Gasteiger partial charge in [-0.25, -0.2) is 4.52 Å². The third kappa shape index (κ3) is 1.03. The summed E-state index contributed by atoms with van der Waals surface area (Å²) in [5.74, 6) is 0.908. The molecule has 62 valence electrons. The molecule has 2 aromatic heterocycles. The fraction of sp³-hybridized carbons (Fsp3) is 0.429. The predicted molar refractivity (Wildman–Crippen MR) is 42.7 cm³/mol. The molecule has 0 N–H and O–H groups in total. The van der Waals surface area contributed by atoms with E-state index in [9.17, 15) is 0 Å². The zero-order chi connectivity index (χ0) is 8.55. The van der Waals surface area contributed by atoms with Gasteiger partial charge in [0, 0.05) is 0 Å². The first-order valence-corrected chi connectivity index (χ1v) is 3.80. The van der Waals surface area contributed by atoms with Crippen LogP contribution in [0.2, 0.25) is 0 Å². The van der Waals surface area contributed by atoms with Gasteiger partial charge in [0.25, 0.3) is 5.78 Å². The number of hydrogen-bond donors (Lipinski definition) is 0. The summed E-state index contributed by atoms with van der Waals surface area (Å²) in [5, 5.41) is 11.9. The standard InChI is InChI=1S/C7H9N5/c1-5(2)6-3-12-7(11-10-6)8-4-9-12/h3-5H,1-2H3. The van der Waals surface area contributed by atoms with Crippen LogP contribution in [0.1, 0.15) is 25.5 Å². The van der Waals surface area contributed by atoms with Crippen molar-refractivity contribution in [2.75, 3.05) is 0 Å². The van der Waals surface area contributed by atoms with Gasteiger partial charge in [-0.3, -0.25) is 0 Å². The minimum atomic E-state index is 0.367. The molecule has 0 aliphatic carbocycles. The molecule has 0 bridgehead atoms. The summed E-state index contributed by atoms with van der Waals surface area (Å²) in [6.45, 7) is 4.12. The third-order valence-corrected chi connectivity index (χ3v) is 1.66. The Balaban J connectivity index is 2.60. The molecule has 0 fully saturated rings. The van der Waals surface area contributed by atoms with Crippen molar-refractivity contribution in [1.82, 2.24) is 24.8 Å². The second kappa shape index (κ2) is 2.51. The molecule has 0 saturated carbocycles. The van der Waals surface area contributed by atoms with E-state index in [2.05, 4.69) is 34.1 Å². The molecule has 0 unspecified atom stereocenters. The van der Waals surface area contributed by atoms with Crippen LogP contribution in [0, 0.1) is 0 Å². The van der Waals surface area contributed by atoms with E-state index in [4.69, 9.17) is 0 Å². The maximum atomic E-state index is 4.01. The Hall–Kier alpha value is -1.52. The van der Waals surface area contributed by atoms with Crippen LogP contribution in [-0.4, -0.2) is 24.8 Å². The number of aromatic nitrogens is 5. The molecule has 2 heterocycles. The highest BCUT2D eigenvalue weighted by Crippen LogP contribution is 2.08. The largest absolute Gasteiger partial charge is 0.271 e. The van der Waals surface area contributed by atoms with Gasteiger partial charge in [-0.15, -0.1) is 10.2 Å². The van der Waals surface area contributed by atoms with Gasteiger partial charge >= 0.3 is 0 Å². The quantitative estimate of drug-likeness (QED) is 0.619.